The van der Waals surface area contributed by atoms with Gasteiger partial charge in [-0.1, -0.05) is 0 Å². The molecular formula is C12H15NO3. The summed E-state index contributed by atoms with van der Waals surface area (Å²) in [6, 6.07) is 1.86. The van der Waals surface area contributed by atoms with E-state index in [1.165, 1.54) is 13.2 Å². The Bertz CT molecular complexity index is 502. The largest absolute Gasteiger partial charge is 0.465 e. The Kier molecular flexibility index (Phi) is 2.58. The van der Waals surface area contributed by atoms with E-state index in [2.05, 4.69) is 16.2 Å². The fraction of sp³-hybridized carbons (Fsp3) is 0.500. The maximum Gasteiger partial charge on any atom is 0.343 e. The maximum absolute atomic E-state index is 11.8. The molecule has 0 N–H and O–H groups in total. The fourth-order valence-corrected chi connectivity index (χ4v) is 2.46. The number of nitrogens with zero attached hydrogens (tertiary/aromatic N) is 1. The molecule has 0 spiro atoms. The molecule has 86 valence electrons. The highest BCUT2D eigenvalue weighted by Gasteiger charge is 2.27. The first-order valence-electron chi connectivity index (χ1n) is 5.39. The van der Waals surface area contributed by atoms with Gasteiger partial charge in [0.1, 0.15) is 5.56 Å². The number of esters is 1. The lowest BCUT2D eigenvalue weighted by molar-refractivity contribution is 0.0597. The minimum absolute atomic E-state index is 0.206. The quantitative estimate of drug-likeness (QED) is 0.674. The van der Waals surface area contributed by atoms with Gasteiger partial charge >= 0.3 is 5.97 Å². The molecule has 4 nitrogen and oxygen atoms in total. The number of methoxy groups -OCH3 is 1. The summed E-state index contributed by atoms with van der Waals surface area (Å²) in [5.74, 6) is -0.525. The minimum Gasteiger partial charge on any atom is -0.465 e. The first-order chi connectivity index (χ1) is 7.56. The summed E-state index contributed by atoms with van der Waals surface area (Å²) in [7, 11) is 1.30. The smallest absolute Gasteiger partial charge is 0.343 e. The van der Waals surface area contributed by atoms with E-state index in [9.17, 15) is 9.59 Å². The molecule has 1 atom stereocenters. The van der Waals surface area contributed by atoms with Gasteiger partial charge in [-0.05, 0) is 26.7 Å². The van der Waals surface area contributed by atoms with Crippen LogP contribution in [0.15, 0.2) is 10.9 Å². The van der Waals surface area contributed by atoms with Crippen LogP contribution < -0.4 is 5.43 Å². The first kappa shape index (κ1) is 10.9. The van der Waals surface area contributed by atoms with Crippen LogP contribution in [0.1, 0.15) is 41.1 Å². The van der Waals surface area contributed by atoms with E-state index in [4.69, 9.17) is 0 Å². The Morgan fingerprint density at radius 3 is 2.88 bits per heavy atom. The molecule has 0 saturated heterocycles. The molecule has 0 bridgehead atoms. The third kappa shape index (κ3) is 1.45. The van der Waals surface area contributed by atoms with E-state index in [0.29, 0.717) is 6.04 Å². The molecule has 0 radical (unpaired) electrons. The molecule has 1 aliphatic rings. The zero-order chi connectivity index (χ0) is 11.9. The predicted octanol–water partition coefficient (Wildman–Crippen LogP) is 1.45. The van der Waals surface area contributed by atoms with Crippen molar-refractivity contribution in [1.82, 2.24) is 4.57 Å². The van der Waals surface area contributed by atoms with Crippen LogP contribution in [-0.2, 0) is 11.2 Å². The second-order valence-corrected chi connectivity index (χ2v) is 4.22. The van der Waals surface area contributed by atoms with E-state index in [-0.39, 0.29) is 11.0 Å². The van der Waals surface area contributed by atoms with Gasteiger partial charge in [-0.25, -0.2) is 4.79 Å². The SMILES string of the molecule is COC(=O)c1c2n(c(C)cc1=O)C(C)CC2. The molecular weight excluding hydrogens is 206 g/mol. The Balaban J connectivity index is 2.72. The molecule has 0 aromatic carbocycles. The van der Waals surface area contributed by atoms with Gasteiger partial charge in [0.25, 0.3) is 0 Å². The van der Waals surface area contributed by atoms with Crippen LogP contribution in [-0.4, -0.2) is 17.6 Å². The number of ether oxygens (including phenoxy) is 1. The molecule has 1 aromatic rings. The van der Waals surface area contributed by atoms with Crippen LogP contribution in [0.25, 0.3) is 0 Å². The second-order valence-electron chi connectivity index (χ2n) is 4.22. The van der Waals surface area contributed by atoms with Crippen LogP contribution in [0.2, 0.25) is 0 Å². The van der Waals surface area contributed by atoms with E-state index < -0.39 is 5.97 Å². The lowest BCUT2D eigenvalue weighted by Crippen LogP contribution is -2.23. The number of aryl methyl sites for hydroxylation is 1. The number of hydrogen-bond acceptors (Lipinski definition) is 3. The number of rotatable bonds is 1. The number of fused-ring (bicyclic) bond motifs is 1. The molecule has 0 saturated carbocycles. The summed E-state index contributed by atoms with van der Waals surface area (Å²) in [5, 5.41) is 0. The molecule has 0 amide bonds. The molecule has 0 aliphatic carbocycles. The van der Waals surface area contributed by atoms with Crippen molar-refractivity contribution >= 4 is 5.97 Å². The molecule has 0 fully saturated rings. The zero-order valence-electron chi connectivity index (χ0n) is 9.74. The fourth-order valence-electron chi connectivity index (χ4n) is 2.46. The summed E-state index contributed by atoms with van der Waals surface area (Å²) in [5.41, 5.74) is 1.71. The highest BCUT2D eigenvalue weighted by atomic mass is 16.5. The average molecular weight is 221 g/mol. The number of pyridine rings is 1. The van der Waals surface area contributed by atoms with E-state index in [0.717, 1.165) is 24.2 Å². The zero-order valence-corrected chi connectivity index (χ0v) is 9.74. The first-order valence-corrected chi connectivity index (χ1v) is 5.39. The van der Waals surface area contributed by atoms with Gasteiger partial charge in [-0.3, -0.25) is 4.79 Å². The van der Waals surface area contributed by atoms with E-state index in [1.54, 1.807) is 0 Å². The van der Waals surface area contributed by atoms with Crippen LogP contribution in [0, 0.1) is 6.92 Å². The Morgan fingerprint density at radius 1 is 1.56 bits per heavy atom. The van der Waals surface area contributed by atoms with Crippen molar-refractivity contribution in [3.05, 3.63) is 33.2 Å². The van der Waals surface area contributed by atoms with Gasteiger partial charge in [0.2, 0.25) is 0 Å². The van der Waals surface area contributed by atoms with Crippen LogP contribution in [0.3, 0.4) is 0 Å². The van der Waals surface area contributed by atoms with Crippen molar-refractivity contribution in [2.75, 3.05) is 7.11 Å². The van der Waals surface area contributed by atoms with Crippen molar-refractivity contribution in [3.8, 4) is 0 Å². The van der Waals surface area contributed by atoms with Crippen molar-refractivity contribution in [2.24, 2.45) is 0 Å². The van der Waals surface area contributed by atoms with Gasteiger partial charge in [-0.2, -0.15) is 0 Å². The molecule has 1 aromatic heterocycles. The highest BCUT2D eigenvalue weighted by Crippen LogP contribution is 2.28. The monoisotopic (exact) mass is 221 g/mol. The average Bonchev–Trinajstić information content (AvgIpc) is 2.60. The van der Waals surface area contributed by atoms with Crippen molar-refractivity contribution in [3.63, 3.8) is 0 Å². The van der Waals surface area contributed by atoms with Gasteiger partial charge in [0, 0.05) is 23.5 Å². The predicted molar refractivity (Wildman–Crippen MR) is 59.8 cm³/mol. The Labute approximate surface area is 93.8 Å². The highest BCUT2D eigenvalue weighted by molar-refractivity contribution is 5.90. The lowest BCUT2D eigenvalue weighted by atomic mass is 10.1. The summed E-state index contributed by atoms with van der Waals surface area (Å²) in [6.07, 6.45) is 1.73. The van der Waals surface area contributed by atoms with Crippen molar-refractivity contribution in [1.29, 1.82) is 0 Å². The van der Waals surface area contributed by atoms with Gasteiger partial charge < -0.3 is 9.30 Å². The third-order valence-electron chi connectivity index (χ3n) is 3.17. The Morgan fingerprint density at radius 2 is 2.25 bits per heavy atom. The number of aromatic nitrogens is 1. The molecule has 1 aliphatic heterocycles. The summed E-state index contributed by atoms with van der Waals surface area (Å²) < 4.78 is 6.73. The van der Waals surface area contributed by atoms with Gasteiger partial charge in [0.05, 0.1) is 7.11 Å². The number of hydrogen-bond donors (Lipinski definition) is 0. The number of carbonyl (C=O) groups is 1. The maximum atomic E-state index is 11.8. The normalized spacial score (nSPS) is 18.3. The second kappa shape index (κ2) is 3.77. The van der Waals surface area contributed by atoms with Gasteiger partial charge in [-0.15, -0.1) is 0 Å². The number of carbonyl (C=O) groups excluding carboxylic acids is 1. The van der Waals surface area contributed by atoms with E-state index >= 15 is 0 Å². The molecule has 2 rings (SSSR count). The molecule has 1 unspecified atom stereocenters. The third-order valence-corrected chi connectivity index (χ3v) is 3.17. The van der Waals surface area contributed by atoms with Gasteiger partial charge in [0.15, 0.2) is 5.43 Å². The minimum atomic E-state index is -0.525. The topological polar surface area (TPSA) is 48.3 Å². The molecule has 4 heteroatoms. The standard InChI is InChI=1S/C12H15NO3/c1-7-4-5-9-11(12(15)16-3)10(14)6-8(2)13(7)9/h6-7H,4-5H2,1-3H3. The molecule has 16 heavy (non-hydrogen) atoms. The lowest BCUT2D eigenvalue weighted by Gasteiger charge is -2.15. The van der Waals surface area contributed by atoms with Crippen LogP contribution in [0.4, 0.5) is 0 Å². The van der Waals surface area contributed by atoms with Crippen LogP contribution >= 0.6 is 0 Å². The van der Waals surface area contributed by atoms with E-state index in [1.807, 2.05) is 6.92 Å². The van der Waals surface area contributed by atoms with Crippen LogP contribution in [0.5, 0.6) is 0 Å². The summed E-state index contributed by atoms with van der Waals surface area (Å²) in [6.45, 7) is 3.99. The van der Waals surface area contributed by atoms with Crippen molar-refractivity contribution < 1.29 is 9.53 Å². The summed E-state index contributed by atoms with van der Waals surface area (Å²) in [4.78, 5) is 23.4. The molecule has 2 heterocycles. The van der Waals surface area contributed by atoms with Crippen molar-refractivity contribution in [2.45, 2.75) is 32.7 Å². The Hall–Kier alpha value is -1.58. The summed E-state index contributed by atoms with van der Waals surface area (Å²) >= 11 is 0.